The molecule has 2 aliphatic carbocycles. The van der Waals surface area contributed by atoms with Crippen molar-refractivity contribution in [1.82, 2.24) is 4.98 Å². The van der Waals surface area contributed by atoms with Crippen LogP contribution in [0.2, 0.25) is 0 Å². The number of fused-ring (bicyclic) bond motifs is 1. The Bertz CT molecular complexity index is 372. The van der Waals surface area contributed by atoms with Crippen molar-refractivity contribution in [3.63, 3.8) is 0 Å². The third kappa shape index (κ3) is 1.60. The van der Waals surface area contributed by atoms with Crippen molar-refractivity contribution in [2.24, 2.45) is 5.73 Å². The van der Waals surface area contributed by atoms with Crippen LogP contribution >= 0.6 is 11.3 Å². The molecule has 3 rings (SSSR count). The highest BCUT2D eigenvalue weighted by molar-refractivity contribution is 7.11. The Morgan fingerprint density at radius 1 is 1.38 bits per heavy atom. The van der Waals surface area contributed by atoms with E-state index >= 15 is 0 Å². The molecule has 3 nitrogen and oxygen atoms in total. The predicted molar refractivity (Wildman–Crippen MR) is 64.7 cm³/mol. The number of hydrogen-bond donors (Lipinski definition) is 1. The summed E-state index contributed by atoms with van der Waals surface area (Å²) in [6.45, 7) is 0. The standard InChI is InChI=1S/C12H18N2OS/c1-15-8-6-12(13,7-8)11-14-9-4-2-3-5-10(9)16-11/h8H,2-7,13H2,1H3. The molecule has 0 saturated heterocycles. The van der Waals surface area contributed by atoms with Crippen molar-refractivity contribution in [3.05, 3.63) is 15.6 Å². The third-order valence-corrected chi connectivity index (χ3v) is 5.17. The molecule has 0 bridgehead atoms. The van der Waals surface area contributed by atoms with E-state index in [1.165, 1.54) is 29.8 Å². The molecule has 0 radical (unpaired) electrons. The number of nitrogens with two attached hydrogens (primary N) is 1. The number of methoxy groups -OCH3 is 1. The Kier molecular flexibility index (Phi) is 2.53. The lowest BCUT2D eigenvalue weighted by atomic mass is 9.75. The van der Waals surface area contributed by atoms with Gasteiger partial charge in [0.15, 0.2) is 0 Å². The van der Waals surface area contributed by atoms with E-state index in [9.17, 15) is 0 Å². The van der Waals surface area contributed by atoms with Crippen LogP contribution in [0.15, 0.2) is 0 Å². The highest BCUT2D eigenvalue weighted by atomic mass is 32.1. The van der Waals surface area contributed by atoms with Crippen LogP contribution in [-0.4, -0.2) is 18.2 Å². The summed E-state index contributed by atoms with van der Waals surface area (Å²) in [4.78, 5) is 6.23. The second-order valence-electron chi connectivity index (χ2n) is 5.02. The average Bonchev–Trinajstić information content (AvgIpc) is 2.68. The molecular formula is C12H18N2OS. The predicted octanol–water partition coefficient (Wildman–Crippen LogP) is 1.98. The molecule has 88 valence electrons. The summed E-state index contributed by atoms with van der Waals surface area (Å²) in [5.41, 5.74) is 7.49. The summed E-state index contributed by atoms with van der Waals surface area (Å²) in [6.07, 6.45) is 7.14. The first-order valence-corrected chi connectivity index (χ1v) is 6.84. The van der Waals surface area contributed by atoms with Gasteiger partial charge >= 0.3 is 0 Å². The molecule has 1 fully saturated rings. The SMILES string of the molecule is COC1CC(N)(c2nc3c(s2)CCCC3)C1. The van der Waals surface area contributed by atoms with Gasteiger partial charge in [0, 0.05) is 12.0 Å². The molecule has 0 atom stereocenters. The van der Waals surface area contributed by atoms with E-state index in [4.69, 9.17) is 15.5 Å². The fourth-order valence-corrected chi connectivity index (χ4v) is 3.93. The lowest BCUT2D eigenvalue weighted by Crippen LogP contribution is -2.52. The fraction of sp³-hybridized carbons (Fsp3) is 0.750. The molecule has 0 amide bonds. The van der Waals surface area contributed by atoms with Crippen molar-refractivity contribution in [2.45, 2.75) is 50.2 Å². The van der Waals surface area contributed by atoms with Gasteiger partial charge in [-0.15, -0.1) is 11.3 Å². The minimum atomic E-state index is -0.192. The normalized spacial score (nSPS) is 33.2. The second-order valence-corrected chi connectivity index (χ2v) is 6.10. The van der Waals surface area contributed by atoms with Crippen molar-refractivity contribution >= 4 is 11.3 Å². The van der Waals surface area contributed by atoms with Crippen LogP contribution in [0.25, 0.3) is 0 Å². The zero-order valence-electron chi connectivity index (χ0n) is 9.66. The van der Waals surface area contributed by atoms with Crippen LogP contribution in [0.3, 0.4) is 0 Å². The quantitative estimate of drug-likeness (QED) is 0.857. The second kappa shape index (κ2) is 3.79. The minimum absolute atomic E-state index is 0.192. The van der Waals surface area contributed by atoms with Crippen molar-refractivity contribution in [2.75, 3.05) is 7.11 Å². The van der Waals surface area contributed by atoms with Gasteiger partial charge in [-0.3, -0.25) is 0 Å². The number of hydrogen-bond acceptors (Lipinski definition) is 4. The van der Waals surface area contributed by atoms with Gasteiger partial charge in [0.25, 0.3) is 0 Å². The molecule has 2 N–H and O–H groups in total. The number of aromatic nitrogens is 1. The molecule has 16 heavy (non-hydrogen) atoms. The van der Waals surface area contributed by atoms with Gasteiger partial charge in [0.05, 0.1) is 17.3 Å². The Balaban J connectivity index is 1.82. The summed E-state index contributed by atoms with van der Waals surface area (Å²) in [5, 5.41) is 1.15. The third-order valence-electron chi connectivity index (χ3n) is 3.79. The molecule has 0 aromatic carbocycles. The van der Waals surface area contributed by atoms with Crippen molar-refractivity contribution in [3.8, 4) is 0 Å². The number of aryl methyl sites for hydroxylation is 2. The molecule has 1 aromatic heterocycles. The van der Waals surface area contributed by atoms with E-state index in [1.54, 1.807) is 7.11 Å². The molecular weight excluding hydrogens is 220 g/mol. The zero-order chi connectivity index (χ0) is 11.2. The fourth-order valence-electron chi connectivity index (χ4n) is 2.66. The van der Waals surface area contributed by atoms with E-state index in [1.807, 2.05) is 11.3 Å². The van der Waals surface area contributed by atoms with E-state index < -0.39 is 0 Å². The maximum atomic E-state index is 6.37. The first-order chi connectivity index (χ1) is 7.71. The first-order valence-electron chi connectivity index (χ1n) is 6.02. The van der Waals surface area contributed by atoms with E-state index in [0.29, 0.717) is 6.10 Å². The van der Waals surface area contributed by atoms with Gasteiger partial charge in [0.1, 0.15) is 5.01 Å². The smallest absolute Gasteiger partial charge is 0.113 e. The minimum Gasteiger partial charge on any atom is -0.381 e. The van der Waals surface area contributed by atoms with Crippen LogP contribution in [-0.2, 0) is 23.1 Å². The average molecular weight is 238 g/mol. The summed E-state index contributed by atoms with van der Waals surface area (Å²) in [6, 6.07) is 0. The number of rotatable bonds is 2. The Morgan fingerprint density at radius 2 is 2.12 bits per heavy atom. The van der Waals surface area contributed by atoms with Gasteiger partial charge in [-0.2, -0.15) is 0 Å². The highest BCUT2D eigenvalue weighted by Crippen LogP contribution is 2.43. The van der Waals surface area contributed by atoms with Gasteiger partial charge < -0.3 is 10.5 Å². The number of ether oxygens (including phenoxy) is 1. The molecule has 1 saturated carbocycles. The maximum absolute atomic E-state index is 6.37. The first kappa shape index (κ1) is 10.7. The summed E-state index contributed by atoms with van der Waals surface area (Å²) < 4.78 is 5.30. The van der Waals surface area contributed by atoms with E-state index in [-0.39, 0.29) is 5.54 Å². The highest BCUT2D eigenvalue weighted by Gasteiger charge is 2.45. The van der Waals surface area contributed by atoms with E-state index in [0.717, 1.165) is 24.3 Å². The molecule has 2 aliphatic rings. The largest absolute Gasteiger partial charge is 0.381 e. The summed E-state index contributed by atoms with van der Waals surface area (Å²) in [5.74, 6) is 0. The monoisotopic (exact) mass is 238 g/mol. The van der Waals surface area contributed by atoms with E-state index in [2.05, 4.69) is 0 Å². The van der Waals surface area contributed by atoms with Crippen LogP contribution < -0.4 is 5.73 Å². The van der Waals surface area contributed by atoms with Crippen LogP contribution in [0, 0.1) is 0 Å². The van der Waals surface area contributed by atoms with Crippen LogP contribution in [0.1, 0.15) is 41.3 Å². The lowest BCUT2D eigenvalue weighted by Gasteiger charge is -2.42. The summed E-state index contributed by atoms with van der Waals surface area (Å²) in [7, 11) is 1.76. The number of nitrogens with zero attached hydrogens (tertiary/aromatic N) is 1. The van der Waals surface area contributed by atoms with Gasteiger partial charge in [-0.25, -0.2) is 4.98 Å². The van der Waals surface area contributed by atoms with Crippen LogP contribution in [0.4, 0.5) is 0 Å². The van der Waals surface area contributed by atoms with Gasteiger partial charge in [0.2, 0.25) is 0 Å². The molecule has 0 aliphatic heterocycles. The topological polar surface area (TPSA) is 48.1 Å². The van der Waals surface area contributed by atoms with Gasteiger partial charge in [-0.1, -0.05) is 0 Å². The molecule has 4 heteroatoms. The van der Waals surface area contributed by atoms with Crippen molar-refractivity contribution in [1.29, 1.82) is 0 Å². The Hall–Kier alpha value is -0.450. The Labute approximate surface area is 100 Å². The molecule has 1 heterocycles. The summed E-state index contributed by atoms with van der Waals surface area (Å²) >= 11 is 1.84. The van der Waals surface area contributed by atoms with Crippen LogP contribution in [0.5, 0.6) is 0 Å². The molecule has 0 spiro atoms. The number of thiazole rings is 1. The lowest BCUT2D eigenvalue weighted by molar-refractivity contribution is -0.0163. The molecule has 1 aromatic rings. The van der Waals surface area contributed by atoms with Crippen molar-refractivity contribution < 1.29 is 4.74 Å². The zero-order valence-corrected chi connectivity index (χ0v) is 10.5. The maximum Gasteiger partial charge on any atom is 0.113 e. The molecule has 0 unspecified atom stereocenters. The Morgan fingerprint density at radius 3 is 2.81 bits per heavy atom. The van der Waals surface area contributed by atoms with Gasteiger partial charge in [-0.05, 0) is 38.5 Å².